The third-order valence-electron chi connectivity index (χ3n) is 3.61. The molecule has 0 saturated carbocycles. The number of piperidine rings is 1. The van der Waals surface area contributed by atoms with Crippen LogP contribution in [0.25, 0.3) is 0 Å². The Morgan fingerprint density at radius 1 is 1.18 bits per heavy atom. The molecule has 6 nitrogen and oxygen atoms in total. The largest absolute Gasteiger partial charge is 0.391 e. The number of piperazine rings is 1. The first kappa shape index (κ1) is 13.2. The van der Waals surface area contributed by atoms with Crippen molar-refractivity contribution in [2.75, 3.05) is 39.3 Å². The minimum atomic E-state index is -3.37. The molecule has 2 saturated heterocycles. The maximum atomic E-state index is 12.3. The fraction of sp³-hybridized carbons (Fsp3) is 1.00. The number of hydrogen-bond donors (Lipinski definition) is 2. The highest BCUT2D eigenvalue weighted by Crippen LogP contribution is 2.21. The van der Waals surface area contributed by atoms with Crippen molar-refractivity contribution in [2.24, 2.45) is 5.92 Å². The number of nitrogens with one attached hydrogen (secondary N) is 1. The van der Waals surface area contributed by atoms with Crippen LogP contribution in [0.15, 0.2) is 0 Å². The number of aliphatic hydroxyl groups excluding tert-OH is 1. The van der Waals surface area contributed by atoms with Crippen molar-refractivity contribution in [3.8, 4) is 0 Å². The maximum Gasteiger partial charge on any atom is 0.282 e. The Hall–Kier alpha value is -0.210. The first-order chi connectivity index (χ1) is 8.01. The molecule has 2 heterocycles. The predicted molar refractivity (Wildman–Crippen MR) is 64.7 cm³/mol. The fourth-order valence-electron chi connectivity index (χ4n) is 2.27. The number of aliphatic hydroxyl groups is 1. The van der Waals surface area contributed by atoms with Gasteiger partial charge in [0.1, 0.15) is 0 Å². The molecule has 17 heavy (non-hydrogen) atoms. The Kier molecular flexibility index (Phi) is 4.04. The Morgan fingerprint density at radius 3 is 2.41 bits per heavy atom. The van der Waals surface area contributed by atoms with Crippen LogP contribution in [-0.4, -0.2) is 67.5 Å². The topological polar surface area (TPSA) is 72.9 Å². The lowest BCUT2D eigenvalue weighted by Gasteiger charge is -2.37. The highest BCUT2D eigenvalue weighted by molar-refractivity contribution is 7.86. The third-order valence-corrected chi connectivity index (χ3v) is 5.61. The van der Waals surface area contributed by atoms with Crippen LogP contribution in [0.5, 0.6) is 0 Å². The number of β-amino-alcohol motifs (C(OH)–C–C–N with tert-alkyl or cyclic N) is 1. The molecule has 2 unspecified atom stereocenters. The molecule has 2 aliphatic rings. The van der Waals surface area contributed by atoms with Crippen LogP contribution in [0.1, 0.15) is 13.3 Å². The van der Waals surface area contributed by atoms with E-state index in [1.807, 2.05) is 6.92 Å². The second-order valence-electron chi connectivity index (χ2n) is 4.85. The van der Waals surface area contributed by atoms with Gasteiger partial charge in [0.25, 0.3) is 10.2 Å². The van der Waals surface area contributed by atoms with E-state index in [0.717, 1.165) is 6.42 Å². The fourth-order valence-corrected chi connectivity index (χ4v) is 3.92. The second-order valence-corrected chi connectivity index (χ2v) is 6.78. The van der Waals surface area contributed by atoms with Gasteiger partial charge in [-0.2, -0.15) is 17.0 Å². The van der Waals surface area contributed by atoms with Crippen molar-refractivity contribution in [2.45, 2.75) is 19.4 Å². The monoisotopic (exact) mass is 263 g/mol. The Morgan fingerprint density at radius 2 is 1.82 bits per heavy atom. The molecule has 2 rings (SSSR count). The Bertz CT molecular complexity index is 354. The van der Waals surface area contributed by atoms with Crippen LogP contribution >= 0.6 is 0 Å². The first-order valence-electron chi connectivity index (χ1n) is 6.16. The molecule has 2 N–H and O–H groups in total. The van der Waals surface area contributed by atoms with E-state index in [2.05, 4.69) is 5.32 Å². The average Bonchev–Trinajstić information content (AvgIpc) is 2.33. The van der Waals surface area contributed by atoms with Gasteiger partial charge in [0.2, 0.25) is 0 Å². The lowest BCUT2D eigenvalue weighted by molar-refractivity contribution is 0.0579. The molecule has 0 aromatic heterocycles. The zero-order chi connectivity index (χ0) is 12.5. The normalized spacial score (nSPS) is 33.8. The number of rotatable bonds is 2. The smallest absolute Gasteiger partial charge is 0.282 e. The van der Waals surface area contributed by atoms with Crippen molar-refractivity contribution in [1.29, 1.82) is 0 Å². The van der Waals surface area contributed by atoms with Gasteiger partial charge < -0.3 is 10.4 Å². The quantitative estimate of drug-likeness (QED) is 0.659. The van der Waals surface area contributed by atoms with Crippen molar-refractivity contribution < 1.29 is 13.5 Å². The SMILES string of the molecule is CC1CCN(S(=O)(=O)N2CCNCC2)CC1O. The summed E-state index contributed by atoms with van der Waals surface area (Å²) in [7, 11) is -3.37. The van der Waals surface area contributed by atoms with Gasteiger partial charge in [0.05, 0.1) is 6.10 Å². The zero-order valence-electron chi connectivity index (χ0n) is 10.2. The molecule has 2 aliphatic heterocycles. The summed E-state index contributed by atoms with van der Waals surface area (Å²) in [5.41, 5.74) is 0. The standard InChI is InChI=1S/C10H21N3O3S/c1-9-2-5-13(8-10(9)14)17(15,16)12-6-3-11-4-7-12/h9-11,14H,2-8H2,1H3. The highest BCUT2D eigenvalue weighted by atomic mass is 32.2. The molecule has 0 aromatic carbocycles. The van der Waals surface area contributed by atoms with Gasteiger partial charge in [-0.15, -0.1) is 0 Å². The van der Waals surface area contributed by atoms with Crippen LogP contribution in [-0.2, 0) is 10.2 Å². The molecular formula is C10H21N3O3S. The number of hydrogen-bond acceptors (Lipinski definition) is 4. The maximum absolute atomic E-state index is 12.3. The first-order valence-corrected chi connectivity index (χ1v) is 7.55. The Balaban J connectivity index is 2.04. The lowest BCUT2D eigenvalue weighted by atomic mass is 9.98. The minimum absolute atomic E-state index is 0.185. The van der Waals surface area contributed by atoms with Gasteiger partial charge in [0.15, 0.2) is 0 Å². The minimum Gasteiger partial charge on any atom is -0.391 e. The van der Waals surface area contributed by atoms with Crippen molar-refractivity contribution in [3.05, 3.63) is 0 Å². The van der Waals surface area contributed by atoms with Crippen LogP contribution in [0.3, 0.4) is 0 Å². The van der Waals surface area contributed by atoms with E-state index < -0.39 is 16.3 Å². The molecule has 0 aromatic rings. The van der Waals surface area contributed by atoms with E-state index in [9.17, 15) is 13.5 Å². The van der Waals surface area contributed by atoms with Gasteiger partial charge in [0, 0.05) is 39.3 Å². The molecule has 2 atom stereocenters. The summed E-state index contributed by atoms with van der Waals surface area (Å²) in [6.07, 6.45) is 0.188. The van der Waals surface area contributed by atoms with E-state index in [1.165, 1.54) is 8.61 Å². The summed E-state index contributed by atoms with van der Waals surface area (Å²) in [4.78, 5) is 0. The van der Waals surface area contributed by atoms with E-state index >= 15 is 0 Å². The predicted octanol–water partition coefficient (Wildman–Crippen LogP) is -1.16. The second kappa shape index (κ2) is 5.19. The molecule has 100 valence electrons. The van der Waals surface area contributed by atoms with E-state index in [4.69, 9.17) is 0 Å². The summed E-state index contributed by atoms with van der Waals surface area (Å²) < 4.78 is 27.5. The summed E-state index contributed by atoms with van der Waals surface area (Å²) in [5.74, 6) is 0.185. The molecular weight excluding hydrogens is 242 g/mol. The molecule has 0 radical (unpaired) electrons. The van der Waals surface area contributed by atoms with Crippen molar-refractivity contribution >= 4 is 10.2 Å². The summed E-state index contributed by atoms with van der Waals surface area (Å²) in [6, 6.07) is 0. The van der Waals surface area contributed by atoms with Crippen molar-refractivity contribution in [3.63, 3.8) is 0 Å². The van der Waals surface area contributed by atoms with Gasteiger partial charge >= 0.3 is 0 Å². The van der Waals surface area contributed by atoms with Crippen LogP contribution in [0, 0.1) is 5.92 Å². The van der Waals surface area contributed by atoms with Gasteiger partial charge in [-0.05, 0) is 12.3 Å². The summed E-state index contributed by atoms with van der Waals surface area (Å²) in [5, 5.41) is 12.9. The van der Waals surface area contributed by atoms with Gasteiger partial charge in [-0.3, -0.25) is 0 Å². The zero-order valence-corrected chi connectivity index (χ0v) is 11.0. The van der Waals surface area contributed by atoms with Crippen molar-refractivity contribution in [1.82, 2.24) is 13.9 Å². The highest BCUT2D eigenvalue weighted by Gasteiger charge is 2.35. The van der Waals surface area contributed by atoms with Crippen LogP contribution in [0.2, 0.25) is 0 Å². The van der Waals surface area contributed by atoms with E-state index in [-0.39, 0.29) is 12.5 Å². The summed E-state index contributed by atoms with van der Waals surface area (Å²) >= 11 is 0. The lowest BCUT2D eigenvalue weighted by Crippen LogP contribution is -2.55. The van der Waals surface area contributed by atoms with Gasteiger partial charge in [-0.25, -0.2) is 0 Å². The van der Waals surface area contributed by atoms with E-state index in [1.54, 1.807) is 0 Å². The Labute approximate surface area is 103 Å². The molecule has 0 spiro atoms. The van der Waals surface area contributed by atoms with Crippen LogP contribution in [0.4, 0.5) is 0 Å². The molecule has 0 amide bonds. The molecule has 0 bridgehead atoms. The van der Waals surface area contributed by atoms with Gasteiger partial charge in [-0.1, -0.05) is 6.92 Å². The van der Waals surface area contributed by atoms with Crippen LogP contribution < -0.4 is 5.32 Å². The van der Waals surface area contributed by atoms with E-state index in [0.29, 0.717) is 32.7 Å². The number of nitrogens with zero attached hydrogens (tertiary/aromatic N) is 2. The molecule has 0 aliphatic carbocycles. The average molecular weight is 263 g/mol. The third kappa shape index (κ3) is 2.79. The molecule has 7 heteroatoms. The molecule has 2 fully saturated rings. The summed E-state index contributed by atoms with van der Waals surface area (Å²) in [6.45, 7) is 5.14.